The summed E-state index contributed by atoms with van der Waals surface area (Å²) in [5.74, 6) is -0.652. The fourth-order valence-electron chi connectivity index (χ4n) is 5.22. The molecule has 4 heterocycles. The quantitative estimate of drug-likeness (QED) is 0.702. The predicted molar refractivity (Wildman–Crippen MR) is 124 cm³/mol. The second-order valence-corrected chi connectivity index (χ2v) is 9.04. The van der Waals surface area contributed by atoms with Crippen molar-refractivity contribution < 1.29 is 18.7 Å². The van der Waals surface area contributed by atoms with Crippen molar-refractivity contribution in [2.45, 2.75) is 32.7 Å². The number of hydrogen-bond acceptors (Lipinski definition) is 4. The molecule has 2 aromatic rings. The van der Waals surface area contributed by atoms with E-state index in [-0.39, 0.29) is 11.8 Å². The number of likely N-dealkylation sites (tertiary alicyclic amines) is 1. The summed E-state index contributed by atoms with van der Waals surface area (Å²) in [6.07, 6.45) is 3.64. The largest absolute Gasteiger partial charge is 0.379 e. The van der Waals surface area contributed by atoms with Gasteiger partial charge in [-0.2, -0.15) is 0 Å². The van der Waals surface area contributed by atoms with Crippen LogP contribution in [-0.2, 0) is 9.53 Å². The van der Waals surface area contributed by atoms with E-state index in [0.717, 1.165) is 63.5 Å². The molecule has 0 unspecified atom stereocenters. The Balaban J connectivity index is 1.35. The van der Waals surface area contributed by atoms with Gasteiger partial charge in [0.25, 0.3) is 11.8 Å². The number of fused-ring (bicyclic) bond motifs is 1. The third kappa shape index (κ3) is 4.09. The van der Waals surface area contributed by atoms with Gasteiger partial charge < -0.3 is 19.9 Å². The number of anilines is 1. The molecule has 3 aliphatic heterocycles. The zero-order chi connectivity index (χ0) is 23.1. The molecule has 33 heavy (non-hydrogen) atoms. The number of carbonyl (C=O) groups excluding carboxylic acids is 2. The third-order valence-corrected chi connectivity index (χ3v) is 7.06. The summed E-state index contributed by atoms with van der Waals surface area (Å²) in [5, 5.41) is 2.77. The first-order chi connectivity index (χ1) is 15.9. The van der Waals surface area contributed by atoms with Crippen LogP contribution in [0.5, 0.6) is 0 Å². The van der Waals surface area contributed by atoms with Gasteiger partial charge in [-0.15, -0.1) is 0 Å². The lowest BCUT2D eigenvalue weighted by Gasteiger charge is -2.40. The van der Waals surface area contributed by atoms with Gasteiger partial charge in [-0.05, 0) is 56.5 Å². The number of hydrogen-bond donors (Lipinski definition) is 2. The molecule has 2 N–H and O–H groups in total. The number of morpholine rings is 1. The highest BCUT2D eigenvalue weighted by Crippen LogP contribution is 2.34. The normalized spacial score (nSPS) is 20.9. The fourth-order valence-corrected chi connectivity index (χ4v) is 5.22. The van der Waals surface area contributed by atoms with Gasteiger partial charge in [0.1, 0.15) is 5.82 Å². The molecule has 0 saturated carbocycles. The molecule has 0 atom stereocenters. The number of amides is 2. The summed E-state index contributed by atoms with van der Waals surface area (Å²) in [5.41, 5.74) is 4.44. The number of rotatable bonds is 3. The minimum atomic E-state index is -0.396. The Hall–Kier alpha value is -2.97. The summed E-state index contributed by atoms with van der Waals surface area (Å²) >= 11 is 0. The lowest BCUT2D eigenvalue weighted by molar-refractivity contribution is -0.110. The number of nitrogens with one attached hydrogen (secondary N) is 2. The predicted octanol–water partition coefficient (Wildman–Crippen LogP) is 3.20. The molecule has 2 saturated heterocycles. The van der Waals surface area contributed by atoms with Gasteiger partial charge >= 0.3 is 0 Å². The summed E-state index contributed by atoms with van der Waals surface area (Å²) in [6.45, 7) is 8.74. The molecule has 3 aliphatic rings. The molecular formula is C25H29FN4O3. The van der Waals surface area contributed by atoms with Gasteiger partial charge in [0.15, 0.2) is 0 Å². The standard InChI is InChI=1S/C25H29FN4O3/c1-15-22(14-20-19-13-17(26)3-4-21(19)28-24(20)31)27-16(2)23(15)25(32)30-7-5-18(6-8-30)29-9-11-33-12-10-29/h3-4,13-14,18,27H,5-12H2,1-2H3,(H,28,31)/b20-14-. The van der Waals surface area contributed by atoms with Crippen LogP contribution < -0.4 is 5.32 Å². The molecule has 2 amide bonds. The highest BCUT2D eigenvalue weighted by Gasteiger charge is 2.31. The Morgan fingerprint density at radius 2 is 1.88 bits per heavy atom. The van der Waals surface area contributed by atoms with Gasteiger partial charge in [0, 0.05) is 54.9 Å². The van der Waals surface area contributed by atoms with Crippen molar-refractivity contribution in [2.75, 3.05) is 44.7 Å². The summed E-state index contributed by atoms with van der Waals surface area (Å²) < 4.78 is 19.2. The van der Waals surface area contributed by atoms with Crippen LogP contribution in [0, 0.1) is 19.7 Å². The number of H-pyrrole nitrogens is 1. The van der Waals surface area contributed by atoms with Gasteiger partial charge in [-0.1, -0.05) is 0 Å². The van der Waals surface area contributed by atoms with Gasteiger partial charge in [-0.3, -0.25) is 14.5 Å². The molecule has 0 aliphatic carbocycles. The molecule has 2 fully saturated rings. The first kappa shape index (κ1) is 21.9. The minimum Gasteiger partial charge on any atom is -0.379 e. The van der Waals surface area contributed by atoms with Crippen molar-refractivity contribution in [3.8, 4) is 0 Å². The van der Waals surface area contributed by atoms with Crippen molar-refractivity contribution in [1.82, 2.24) is 14.8 Å². The van der Waals surface area contributed by atoms with E-state index in [2.05, 4.69) is 15.2 Å². The van der Waals surface area contributed by atoms with Gasteiger partial charge in [0.05, 0.1) is 24.4 Å². The summed E-state index contributed by atoms with van der Waals surface area (Å²) in [7, 11) is 0. The minimum absolute atomic E-state index is 0.0219. The van der Waals surface area contributed by atoms with Crippen molar-refractivity contribution >= 4 is 29.2 Å². The maximum absolute atomic E-state index is 13.8. The number of aryl methyl sites for hydroxylation is 1. The first-order valence-electron chi connectivity index (χ1n) is 11.6. The highest BCUT2D eigenvalue weighted by molar-refractivity contribution is 6.34. The Bertz CT molecular complexity index is 1120. The van der Waals surface area contributed by atoms with Crippen molar-refractivity contribution in [2.24, 2.45) is 0 Å². The molecule has 0 spiro atoms. The fraction of sp³-hybridized carbons (Fsp3) is 0.440. The Morgan fingerprint density at radius 1 is 1.15 bits per heavy atom. The molecule has 0 radical (unpaired) electrons. The zero-order valence-corrected chi connectivity index (χ0v) is 19.0. The van der Waals surface area contributed by atoms with Crippen LogP contribution in [0.3, 0.4) is 0 Å². The topological polar surface area (TPSA) is 77.7 Å². The van der Waals surface area contributed by atoms with E-state index in [9.17, 15) is 14.0 Å². The van der Waals surface area contributed by atoms with Crippen LogP contribution in [-0.4, -0.2) is 72.0 Å². The van der Waals surface area contributed by atoms with Crippen LogP contribution in [0.25, 0.3) is 11.6 Å². The van der Waals surface area contributed by atoms with Crippen molar-refractivity contribution in [3.05, 3.63) is 52.1 Å². The zero-order valence-electron chi connectivity index (χ0n) is 19.0. The van der Waals surface area contributed by atoms with Gasteiger partial charge in [0.2, 0.25) is 0 Å². The third-order valence-electron chi connectivity index (χ3n) is 7.06. The Kier molecular flexibility index (Phi) is 5.80. The van der Waals surface area contributed by atoms with E-state index in [1.54, 1.807) is 12.1 Å². The number of carbonyl (C=O) groups is 2. The second-order valence-electron chi connectivity index (χ2n) is 9.04. The molecular weight excluding hydrogens is 423 g/mol. The van der Waals surface area contributed by atoms with E-state index >= 15 is 0 Å². The van der Waals surface area contributed by atoms with Crippen LogP contribution in [0.2, 0.25) is 0 Å². The van der Waals surface area contributed by atoms with Gasteiger partial charge in [-0.25, -0.2) is 4.39 Å². The van der Waals surface area contributed by atoms with E-state index in [4.69, 9.17) is 4.74 Å². The van der Waals surface area contributed by atoms with Crippen LogP contribution in [0.15, 0.2) is 18.2 Å². The first-order valence-corrected chi connectivity index (χ1v) is 11.6. The number of aromatic nitrogens is 1. The maximum atomic E-state index is 13.8. The van der Waals surface area contributed by atoms with E-state index < -0.39 is 5.82 Å². The number of piperidine rings is 1. The molecule has 174 valence electrons. The van der Waals surface area contributed by atoms with Crippen molar-refractivity contribution in [1.29, 1.82) is 0 Å². The molecule has 1 aromatic carbocycles. The summed E-state index contributed by atoms with van der Waals surface area (Å²) in [4.78, 5) is 33.6. The second kappa shape index (κ2) is 8.76. The number of ether oxygens (including phenoxy) is 1. The smallest absolute Gasteiger partial charge is 0.256 e. The van der Waals surface area contributed by atoms with Crippen LogP contribution in [0.1, 0.15) is 45.7 Å². The average Bonchev–Trinajstić information content (AvgIpc) is 3.28. The highest BCUT2D eigenvalue weighted by atomic mass is 19.1. The van der Waals surface area contributed by atoms with Crippen LogP contribution >= 0.6 is 0 Å². The lowest BCUT2D eigenvalue weighted by Crippen LogP contribution is -2.50. The SMILES string of the molecule is Cc1[nH]c(/C=C2\C(=O)Nc3ccc(F)cc32)c(C)c1C(=O)N1CCC(N2CCOCC2)CC1. The van der Waals surface area contributed by atoms with Crippen molar-refractivity contribution in [3.63, 3.8) is 0 Å². The van der Waals surface area contributed by atoms with E-state index in [0.29, 0.717) is 34.1 Å². The lowest BCUT2D eigenvalue weighted by atomic mass is 10.00. The number of nitrogens with zero attached hydrogens (tertiary/aromatic N) is 2. The van der Waals surface area contributed by atoms with E-state index in [1.165, 1.54) is 12.1 Å². The molecule has 7 nitrogen and oxygen atoms in total. The number of halogens is 1. The molecule has 0 bridgehead atoms. The molecule has 8 heteroatoms. The Labute approximate surface area is 192 Å². The van der Waals surface area contributed by atoms with E-state index in [1.807, 2.05) is 18.7 Å². The Morgan fingerprint density at radius 3 is 2.61 bits per heavy atom. The number of aromatic amines is 1. The van der Waals surface area contributed by atoms with Crippen LogP contribution in [0.4, 0.5) is 10.1 Å². The summed E-state index contributed by atoms with van der Waals surface area (Å²) in [6, 6.07) is 4.75. The molecule has 1 aromatic heterocycles. The maximum Gasteiger partial charge on any atom is 0.256 e. The average molecular weight is 453 g/mol. The molecule has 5 rings (SSSR count). The monoisotopic (exact) mass is 452 g/mol. The number of benzene rings is 1.